The number of nitrogens with one attached hydrogen (secondary N) is 1. The predicted octanol–water partition coefficient (Wildman–Crippen LogP) is 5.24. The second kappa shape index (κ2) is 14.3. The van der Waals surface area contributed by atoms with Crippen molar-refractivity contribution >= 4 is 80.8 Å². The summed E-state index contributed by atoms with van der Waals surface area (Å²) in [7, 11) is -4.15. The molecule has 3 heterocycles. The maximum Gasteiger partial charge on any atom is 0.245 e. The number of nitrogens with zero attached hydrogens (tertiary/aromatic N) is 4. The molecule has 2 fully saturated rings. The molecule has 3 aromatic rings. The maximum absolute atomic E-state index is 14.0. The van der Waals surface area contributed by atoms with E-state index in [1.807, 2.05) is 45.0 Å². The van der Waals surface area contributed by atoms with Crippen LogP contribution in [0.3, 0.4) is 0 Å². The summed E-state index contributed by atoms with van der Waals surface area (Å²) in [6.07, 6.45) is 0.950. The highest BCUT2D eigenvalue weighted by Gasteiger charge is 2.44. The number of pyridine rings is 1. The van der Waals surface area contributed by atoms with E-state index in [1.54, 1.807) is 15.9 Å². The summed E-state index contributed by atoms with van der Waals surface area (Å²) in [5.41, 5.74) is 7.58. The molecular weight excluding hydrogens is 670 g/mol. The third-order valence-electron chi connectivity index (χ3n) is 7.93. The van der Waals surface area contributed by atoms with Crippen LogP contribution in [0.4, 0.5) is 0 Å². The molecule has 2 aromatic carbocycles. The van der Waals surface area contributed by atoms with Crippen molar-refractivity contribution in [1.29, 1.82) is 5.41 Å². The van der Waals surface area contributed by atoms with Gasteiger partial charge in [-0.25, -0.2) is 13.4 Å². The first-order valence-corrected chi connectivity index (χ1v) is 16.0. The van der Waals surface area contributed by atoms with Crippen LogP contribution in [0.1, 0.15) is 37.9 Å². The number of fused-ring (bicyclic) bond motifs is 1. The van der Waals surface area contributed by atoms with Gasteiger partial charge in [-0.05, 0) is 57.9 Å². The number of halogens is 4. The third-order valence-corrected chi connectivity index (χ3v) is 10.8. The van der Waals surface area contributed by atoms with Crippen LogP contribution in [0.15, 0.2) is 47.4 Å². The molecule has 5 rings (SSSR count). The van der Waals surface area contributed by atoms with Gasteiger partial charge in [0.1, 0.15) is 28.8 Å². The molecule has 44 heavy (non-hydrogen) atoms. The van der Waals surface area contributed by atoms with Crippen molar-refractivity contribution in [3.05, 3.63) is 63.8 Å². The molecule has 1 aromatic heterocycles. The summed E-state index contributed by atoms with van der Waals surface area (Å²) in [4.78, 5) is 21.6. The van der Waals surface area contributed by atoms with Gasteiger partial charge in [-0.1, -0.05) is 41.4 Å². The Morgan fingerprint density at radius 3 is 2.43 bits per heavy atom. The molecule has 1 amide bonds. The van der Waals surface area contributed by atoms with Gasteiger partial charge in [-0.2, -0.15) is 4.31 Å². The average Bonchev–Trinajstić information content (AvgIpc) is 3.43. The smallest absolute Gasteiger partial charge is 0.245 e. The van der Waals surface area contributed by atoms with Crippen LogP contribution in [0.25, 0.3) is 10.9 Å². The molecule has 0 aliphatic carbocycles. The highest BCUT2D eigenvalue weighted by atomic mass is 35.5. The van der Waals surface area contributed by atoms with Gasteiger partial charge < -0.3 is 20.3 Å². The zero-order valence-electron chi connectivity index (χ0n) is 24.5. The van der Waals surface area contributed by atoms with Gasteiger partial charge in [-0.3, -0.25) is 10.2 Å². The van der Waals surface area contributed by atoms with Crippen molar-refractivity contribution in [2.24, 2.45) is 5.73 Å². The SMILES string of the molecule is Cc1ccc2cccc(OCc3c(Cl)ccc(S(=O)(=O)N4CCC[C@H]4C(=O)N4CC(C)N(C(=N)N)C(C)C4)c3Cl)c2n1.Cl.Cl. The Hall–Kier alpha value is -2.54. The number of piperazine rings is 1. The van der Waals surface area contributed by atoms with E-state index in [0.29, 0.717) is 42.8 Å². The molecule has 15 heteroatoms. The molecule has 2 aliphatic heterocycles. The Kier molecular flexibility index (Phi) is 11.6. The van der Waals surface area contributed by atoms with E-state index in [-0.39, 0.29) is 76.9 Å². The number of para-hydroxylation sites is 1. The summed E-state index contributed by atoms with van der Waals surface area (Å²) in [6.45, 7) is 6.50. The number of hydrogen-bond acceptors (Lipinski definition) is 6. The minimum absolute atomic E-state index is 0. The number of sulfonamides is 1. The number of aryl methyl sites for hydroxylation is 1. The van der Waals surface area contributed by atoms with Gasteiger partial charge in [0.05, 0.1) is 5.02 Å². The quantitative estimate of drug-likeness (QED) is 0.265. The minimum Gasteiger partial charge on any atom is -0.487 e. The molecule has 0 bridgehead atoms. The number of carbonyl (C=O) groups is 1. The Morgan fingerprint density at radius 2 is 1.77 bits per heavy atom. The van der Waals surface area contributed by atoms with Crippen molar-refractivity contribution in [2.45, 2.75) is 63.2 Å². The van der Waals surface area contributed by atoms with E-state index in [4.69, 9.17) is 39.1 Å². The summed E-state index contributed by atoms with van der Waals surface area (Å²) in [5, 5.41) is 8.99. The molecule has 2 unspecified atom stereocenters. The van der Waals surface area contributed by atoms with E-state index < -0.39 is 16.1 Å². The lowest BCUT2D eigenvalue weighted by Crippen LogP contribution is -2.63. The first kappa shape index (κ1) is 35.9. The lowest BCUT2D eigenvalue weighted by molar-refractivity contribution is -0.137. The number of rotatable bonds is 6. The number of carbonyl (C=O) groups excluding carboxylic acids is 1. The van der Waals surface area contributed by atoms with Crippen molar-refractivity contribution in [1.82, 2.24) is 19.1 Å². The van der Waals surface area contributed by atoms with Gasteiger partial charge >= 0.3 is 0 Å². The first-order valence-electron chi connectivity index (χ1n) is 13.8. The molecule has 3 atom stereocenters. The zero-order valence-corrected chi connectivity index (χ0v) is 28.5. The highest BCUT2D eigenvalue weighted by molar-refractivity contribution is 7.89. The van der Waals surface area contributed by atoms with Crippen LogP contribution in [-0.2, 0) is 21.4 Å². The lowest BCUT2D eigenvalue weighted by Gasteiger charge is -2.45. The minimum atomic E-state index is -4.15. The van der Waals surface area contributed by atoms with E-state index in [1.165, 1.54) is 16.4 Å². The molecule has 2 aliphatic rings. The Bertz CT molecular complexity index is 1650. The fraction of sp³-hybridized carbons (Fsp3) is 0.414. The van der Waals surface area contributed by atoms with E-state index in [0.717, 1.165) is 11.1 Å². The topological polar surface area (TPSA) is 133 Å². The van der Waals surface area contributed by atoms with Gasteiger partial charge in [0.15, 0.2) is 5.96 Å². The van der Waals surface area contributed by atoms with Crippen LogP contribution in [-0.4, -0.2) is 77.1 Å². The molecule has 10 nitrogen and oxygen atoms in total. The summed E-state index contributed by atoms with van der Waals surface area (Å²) in [6, 6.07) is 11.1. The van der Waals surface area contributed by atoms with Crippen molar-refractivity contribution < 1.29 is 17.9 Å². The van der Waals surface area contributed by atoms with E-state index >= 15 is 0 Å². The normalized spacial score (nSPS) is 20.6. The lowest BCUT2D eigenvalue weighted by atomic mass is 10.1. The van der Waals surface area contributed by atoms with Crippen LogP contribution in [0.5, 0.6) is 5.75 Å². The van der Waals surface area contributed by atoms with Crippen LogP contribution in [0, 0.1) is 12.3 Å². The first-order chi connectivity index (χ1) is 19.9. The van der Waals surface area contributed by atoms with E-state index in [2.05, 4.69) is 4.98 Å². The molecule has 0 spiro atoms. The van der Waals surface area contributed by atoms with Gasteiger partial charge in [0.2, 0.25) is 15.9 Å². The fourth-order valence-corrected chi connectivity index (χ4v) is 8.50. The summed E-state index contributed by atoms with van der Waals surface area (Å²) < 4.78 is 35.3. The van der Waals surface area contributed by atoms with Crippen LogP contribution in [0.2, 0.25) is 10.0 Å². The van der Waals surface area contributed by atoms with Gasteiger partial charge in [0.25, 0.3) is 0 Å². The van der Waals surface area contributed by atoms with Crippen molar-refractivity contribution in [2.75, 3.05) is 19.6 Å². The molecular formula is C29H36Cl4N6O4S. The average molecular weight is 707 g/mol. The monoisotopic (exact) mass is 704 g/mol. The number of nitrogens with two attached hydrogens (primary N) is 1. The second-order valence-corrected chi connectivity index (χ2v) is 13.6. The predicted molar refractivity (Wildman–Crippen MR) is 178 cm³/mol. The highest BCUT2D eigenvalue weighted by Crippen LogP contribution is 2.37. The number of ether oxygens (including phenoxy) is 1. The van der Waals surface area contributed by atoms with Gasteiger partial charge in [-0.15, -0.1) is 24.8 Å². The maximum atomic E-state index is 14.0. The van der Waals surface area contributed by atoms with Gasteiger partial charge in [0, 0.05) is 53.4 Å². The largest absolute Gasteiger partial charge is 0.487 e. The standard InChI is InChI=1S/C29H34Cl2N6O4S.2ClH/c1-17-9-10-20-6-4-8-24(27(20)34-17)41-16-21-22(30)11-12-25(26(21)31)42(39,40)36-13-5-7-23(36)28(38)35-14-18(2)37(29(32)33)19(3)15-35;;/h4,6,8-12,18-19,23H,5,7,13-16H2,1-3H3,(H3,32,33);2*1H/t18?,19?,23-;;/m0../s1. The van der Waals surface area contributed by atoms with Crippen molar-refractivity contribution in [3.63, 3.8) is 0 Å². The summed E-state index contributed by atoms with van der Waals surface area (Å²) in [5.74, 6) is 0.219. The van der Waals surface area contributed by atoms with Crippen LogP contribution >= 0.6 is 48.0 Å². The number of aromatic nitrogens is 1. The zero-order chi connectivity index (χ0) is 30.3. The number of hydrogen-bond donors (Lipinski definition) is 2. The number of benzene rings is 2. The Labute approximate surface area is 280 Å². The second-order valence-electron chi connectivity index (χ2n) is 10.9. The molecule has 2 saturated heterocycles. The number of amides is 1. The molecule has 240 valence electrons. The van der Waals surface area contributed by atoms with Crippen molar-refractivity contribution in [3.8, 4) is 5.75 Å². The molecule has 3 N–H and O–H groups in total. The summed E-state index contributed by atoms with van der Waals surface area (Å²) >= 11 is 13.2. The van der Waals surface area contributed by atoms with E-state index in [9.17, 15) is 13.2 Å². The van der Waals surface area contributed by atoms with Crippen LogP contribution < -0.4 is 10.5 Å². The number of guanidine groups is 1. The molecule has 0 radical (unpaired) electrons. The fourth-order valence-electron chi connectivity index (χ4n) is 5.98. The Balaban J connectivity index is 0.00000264. The Morgan fingerprint density at radius 1 is 1.09 bits per heavy atom. The molecule has 0 saturated carbocycles. The third kappa shape index (κ3) is 6.83.